The van der Waals surface area contributed by atoms with Crippen molar-refractivity contribution in [3.8, 4) is 0 Å². The Kier molecular flexibility index (Phi) is 5.42. The predicted molar refractivity (Wildman–Crippen MR) is 116 cm³/mol. The van der Waals surface area contributed by atoms with Crippen LogP contribution in [0.3, 0.4) is 0 Å². The number of fused-ring (bicyclic) bond motifs is 2. The molecular formula is C20H21N7O3S. The number of anilines is 1. The molecule has 4 aromatic rings. The standard InChI is InChI=1S/C19H19N7OS.CH2O2/c1-10-3-11(4-15-16(10)24-19(20)28-15)18(27)26-7-13(12-5-23-25(2)6-12)17-14(8-26)21-9-22-17;2-1-3/h3-6,9,13H,7-8H2,1-2H3,(H2,20,24)(H,21,22);1H,(H,2,3). The molecule has 0 bridgehead atoms. The minimum absolute atomic E-state index is 0.00322. The van der Waals surface area contributed by atoms with Crippen molar-refractivity contribution in [2.75, 3.05) is 12.3 Å². The maximum Gasteiger partial charge on any atom is 0.290 e. The van der Waals surface area contributed by atoms with Gasteiger partial charge >= 0.3 is 0 Å². The summed E-state index contributed by atoms with van der Waals surface area (Å²) in [6, 6.07) is 3.78. The van der Waals surface area contributed by atoms with E-state index < -0.39 is 0 Å². The van der Waals surface area contributed by atoms with Crippen LogP contribution < -0.4 is 5.73 Å². The first-order chi connectivity index (χ1) is 14.9. The summed E-state index contributed by atoms with van der Waals surface area (Å²) in [4.78, 5) is 35.6. The average Bonchev–Trinajstić information content (AvgIpc) is 3.46. The molecule has 1 aliphatic heterocycles. The van der Waals surface area contributed by atoms with E-state index in [1.54, 1.807) is 11.0 Å². The number of carbonyl (C=O) groups is 2. The number of imidazole rings is 1. The first-order valence-electron chi connectivity index (χ1n) is 9.45. The molecule has 1 aliphatic rings. The third kappa shape index (κ3) is 3.87. The van der Waals surface area contributed by atoms with Gasteiger partial charge in [-0.3, -0.25) is 14.3 Å². The Labute approximate surface area is 181 Å². The van der Waals surface area contributed by atoms with E-state index >= 15 is 0 Å². The second-order valence-electron chi connectivity index (χ2n) is 7.25. The SMILES string of the molecule is Cc1cc(C(=O)N2Cc3[nH]cnc3C(c3cnn(C)c3)C2)cc2sc(N)nc12.O=CO. The molecule has 5 rings (SSSR count). The Hall–Kier alpha value is -3.73. The van der Waals surface area contributed by atoms with Gasteiger partial charge in [0, 0.05) is 36.8 Å². The molecule has 0 aliphatic carbocycles. The zero-order valence-electron chi connectivity index (χ0n) is 16.9. The van der Waals surface area contributed by atoms with Crippen LogP contribution in [0.25, 0.3) is 10.2 Å². The lowest BCUT2D eigenvalue weighted by molar-refractivity contribution is -0.122. The van der Waals surface area contributed by atoms with Gasteiger partial charge in [0.05, 0.1) is 40.7 Å². The van der Waals surface area contributed by atoms with Crippen molar-refractivity contribution in [2.45, 2.75) is 19.4 Å². The van der Waals surface area contributed by atoms with Gasteiger partial charge in [-0.25, -0.2) is 9.97 Å². The molecule has 10 nitrogen and oxygen atoms in total. The monoisotopic (exact) mass is 439 g/mol. The number of carboxylic acid groups (broad SMARTS) is 1. The van der Waals surface area contributed by atoms with E-state index in [1.165, 1.54) is 11.3 Å². The molecule has 1 amide bonds. The van der Waals surface area contributed by atoms with Crippen LogP contribution in [0.1, 0.15) is 38.8 Å². The van der Waals surface area contributed by atoms with E-state index in [1.807, 2.05) is 43.4 Å². The molecule has 4 N–H and O–H groups in total. The zero-order chi connectivity index (χ0) is 22.1. The first-order valence-corrected chi connectivity index (χ1v) is 10.3. The number of nitrogens with zero attached hydrogens (tertiary/aromatic N) is 5. The summed E-state index contributed by atoms with van der Waals surface area (Å²) in [5, 5.41) is 11.7. The maximum atomic E-state index is 13.3. The number of carbonyl (C=O) groups excluding carboxylic acids is 1. The van der Waals surface area contributed by atoms with E-state index in [9.17, 15) is 4.79 Å². The van der Waals surface area contributed by atoms with Gasteiger partial charge in [0.25, 0.3) is 12.4 Å². The number of nitrogen functional groups attached to an aromatic ring is 1. The summed E-state index contributed by atoms with van der Waals surface area (Å²) >= 11 is 1.40. The fourth-order valence-corrected chi connectivity index (χ4v) is 4.73. The maximum absolute atomic E-state index is 13.3. The largest absolute Gasteiger partial charge is 0.483 e. The van der Waals surface area contributed by atoms with Crippen LogP contribution in [0.2, 0.25) is 0 Å². The third-order valence-corrected chi connectivity index (χ3v) is 6.03. The molecule has 160 valence electrons. The second kappa shape index (κ2) is 8.19. The predicted octanol–water partition coefficient (Wildman–Crippen LogP) is 2.13. The molecule has 0 fully saturated rings. The van der Waals surface area contributed by atoms with E-state index in [-0.39, 0.29) is 18.3 Å². The topological polar surface area (TPSA) is 143 Å². The van der Waals surface area contributed by atoms with Gasteiger partial charge < -0.3 is 20.7 Å². The van der Waals surface area contributed by atoms with Crippen molar-refractivity contribution in [3.63, 3.8) is 0 Å². The number of thiazole rings is 1. The Morgan fingerprint density at radius 2 is 2.19 bits per heavy atom. The average molecular weight is 440 g/mol. The lowest BCUT2D eigenvalue weighted by atomic mass is 9.92. The molecule has 0 spiro atoms. The van der Waals surface area contributed by atoms with E-state index in [4.69, 9.17) is 15.6 Å². The highest BCUT2D eigenvalue weighted by molar-refractivity contribution is 7.22. The molecule has 1 aromatic carbocycles. The number of aromatic nitrogens is 5. The number of hydrogen-bond acceptors (Lipinski definition) is 7. The molecule has 1 atom stereocenters. The first kappa shape index (κ1) is 20.5. The van der Waals surface area contributed by atoms with Crippen molar-refractivity contribution in [2.24, 2.45) is 7.05 Å². The van der Waals surface area contributed by atoms with Crippen molar-refractivity contribution >= 4 is 39.1 Å². The molecule has 11 heteroatoms. The molecule has 31 heavy (non-hydrogen) atoms. The van der Waals surface area contributed by atoms with Gasteiger partial charge in [-0.15, -0.1) is 0 Å². The highest BCUT2D eigenvalue weighted by Gasteiger charge is 2.32. The van der Waals surface area contributed by atoms with Crippen LogP contribution in [-0.4, -0.2) is 53.7 Å². The quantitative estimate of drug-likeness (QED) is 0.406. The van der Waals surface area contributed by atoms with Crippen LogP contribution >= 0.6 is 11.3 Å². The number of aryl methyl sites for hydroxylation is 2. The molecular weight excluding hydrogens is 418 g/mol. The minimum atomic E-state index is -0.250. The van der Waals surface area contributed by atoms with Crippen molar-refractivity contribution < 1.29 is 14.7 Å². The zero-order valence-corrected chi connectivity index (χ0v) is 17.8. The Morgan fingerprint density at radius 3 is 2.90 bits per heavy atom. The fourth-order valence-electron chi connectivity index (χ4n) is 3.88. The van der Waals surface area contributed by atoms with Crippen LogP contribution in [0.5, 0.6) is 0 Å². The van der Waals surface area contributed by atoms with Crippen LogP contribution in [0.15, 0.2) is 30.9 Å². The van der Waals surface area contributed by atoms with Crippen molar-refractivity contribution in [1.82, 2.24) is 29.6 Å². The summed E-state index contributed by atoms with van der Waals surface area (Å²) in [5.74, 6) is -0.0114. The number of nitrogens with two attached hydrogens (primary N) is 1. The number of amides is 1. The molecule has 1 unspecified atom stereocenters. The van der Waals surface area contributed by atoms with Crippen LogP contribution in [0.4, 0.5) is 5.13 Å². The van der Waals surface area contributed by atoms with Crippen LogP contribution in [0, 0.1) is 6.92 Å². The number of rotatable bonds is 2. The number of nitrogens with one attached hydrogen (secondary N) is 1. The molecule has 3 aromatic heterocycles. The minimum Gasteiger partial charge on any atom is -0.483 e. The summed E-state index contributed by atoms with van der Waals surface area (Å²) in [5.41, 5.74) is 11.3. The Bertz CT molecular complexity index is 1260. The van der Waals surface area contributed by atoms with E-state index in [2.05, 4.69) is 20.1 Å². The fraction of sp³-hybridized carbons (Fsp3) is 0.250. The number of H-pyrrole nitrogens is 1. The number of aromatic amines is 1. The molecule has 0 saturated carbocycles. The Morgan fingerprint density at radius 1 is 1.42 bits per heavy atom. The summed E-state index contributed by atoms with van der Waals surface area (Å²) in [6.45, 7) is 2.77. The molecule has 0 saturated heterocycles. The van der Waals surface area contributed by atoms with Crippen LogP contribution in [-0.2, 0) is 18.4 Å². The lowest BCUT2D eigenvalue weighted by Crippen LogP contribution is -2.38. The highest BCUT2D eigenvalue weighted by Crippen LogP contribution is 2.33. The van der Waals surface area contributed by atoms with Gasteiger partial charge in [-0.1, -0.05) is 11.3 Å². The lowest BCUT2D eigenvalue weighted by Gasteiger charge is -2.31. The molecule has 0 radical (unpaired) electrons. The van der Waals surface area contributed by atoms with Gasteiger partial charge in [0.1, 0.15) is 0 Å². The smallest absolute Gasteiger partial charge is 0.290 e. The van der Waals surface area contributed by atoms with Gasteiger partial charge in [-0.05, 0) is 24.6 Å². The number of hydrogen-bond donors (Lipinski definition) is 3. The highest BCUT2D eigenvalue weighted by atomic mass is 32.1. The van der Waals surface area contributed by atoms with Gasteiger partial charge in [0.15, 0.2) is 5.13 Å². The normalized spacial score (nSPS) is 15.3. The molecule has 4 heterocycles. The van der Waals surface area contributed by atoms with Gasteiger partial charge in [0.2, 0.25) is 0 Å². The summed E-state index contributed by atoms with van der Waals surface area (Å²) in [7, 11) is 1.89. The van der Waals surface area contributed by atoms with E-state index in [0.29, 0.717) is 23.8 Å². The Balaban J connectivity index is 0.000000730. The summed E-state index contributed by atoms with van der Waals surface area (Å²) < 4.78 is 2.71. The van der Waals surface area contributed by atoms with Gasteiger partial charge in [-0.2, -0.15) is 5.10 Å². The van der Waals surface area contributed by atoms with E-state index in [0.717, 1.165) is 32.7 Å². The number of benzene rings is 1. The van der Waals surface area contributed by atoms with Crippen molar-refractivity contribution in [1.29, 1.82) is 0 Å². The van der Waals surface area contributed by atoms with Crippen molar-refractivity contribution in [3.05, 3.63) is 58.9 Å². The summed E-state index contributed by atoms with van der Waals surface area (Å²) in [6.07, 6.45) is 5.51. The third-order valence-electron chi connectivity index (χ3n) is 5.20. The second-order valence-corrected chi connectivity index (χ2v) is 8.31.